The zero-order valence-corrected chi connectivity index (χ0v) is 13.3. The lowest BCUT2D eigenvalue weighted by Gasteiger charge is -2.26. The van der Waals surface area contributed by atoms with Crippen molar-refractivity contribution < 1.29 is 13.9 Å². The van der Waals surface area contributed by atoms with Gasteiger partial charge in [0.05, 0.1) is 6.54 Å². The molecule has 1 aromatic heterocycles. The number of aryl methyl sites for hydroxylation is 1. The van der Waals surface area contributed by atoms with Crippen molar-refractivity contribution >= 4 is 6.09 Å². The Labute approximate surface area is 125 Å². The van der Waals surface area contributed by atoms with Crippen molar-refractivity contribution in [1.82, 2.24) is 20.0 Å². The van der Waals surface area contributed by atoms with Gasteiger partial charge in [0, 0.05) is 33.1 Å². The van der Waals surface area contributed by atoms with E-state index in [1.165, 1.54) is 0 Å². The van der Waals surface area contributed by atoms with Crippen LogP contribution in [0.15, 0.2) is 4.42 Å². The first-order valence-electron chi connectivity index (χ1n) is 7.33. The summed E-state index contributed by atoms with van der Waals surface area (Å²) in [5.74, 6) is 1.20. The van der Waals surface area contributed by atoms with Crippen LogP contribution < -0.4 is 0 Å². The van der Waals surface area contributed by atoms with E-state index >= 15 is 0 Å². The lowest BCUT2D eigenvalue weighted by molar-refractivity contribution is 0.0257. The van der Waals surface area contributed by atoms with Gasteiger partial charge in [0.25, 0.3) is 0 Å². The van der Waals surface area contributed by atoms with Gasteiger partial charge in [0.1, 0.15) is 5.60 Å². The highest BCUT2D eigenvalue weighted by molar-refractivity contribution is 5.68. The molecule has 1 saturated heterocycles. The van der Waals surface area contributed by atoms with Crippen molar-refractivity contribution in [2.24, 2.45) is 0 Å². The van der Waals surface area contributed by atoms with E-state index in [1.54, 1.807) is 11.8 Å². The van der Waals surface area contributed by atoms with Gasteiger partial charge in [0.15, 0.2) is 0 Å². The van der Waals surface area contributed by atoms with Gasteiger partial charge < -0.3 is 14.1 Å². The highest BCUT2D eigenvalue weighted by atomic mass is 16.6. The molecule has 1 aliphatic rings. The van der Waals surface area contributed by atoms with Crippen LogP contribution >= 0.6 is 0 Å². The van der Waals surface area contributed by atoms with Crippen molar-refractivity contribution in [3.63, 3.8) is 0 Å². The number of carbonyl (C=O) groups is 1. The first-order valence-corrected chi connectivity index (χ1v) is 7.33. The summed E-state index contributed by atoms with van der Waals surface area (Å²) in [6, 6.07) is 0. The summed E-state index contributed by atoms with van der Waals surface area (Å²) < 4.78 is 10.8. The molecule has 0 atom stereocenters. The average molecular weight is 296 g/mol. The van der Waals surface area contributed by atoms with Crippen LogP contribution in [-0.4, -0.2) is 57.9 Å². The Balaban J connectivity index is 1.85. The first kappa shape index (κ1) is 15.8. The monoisotopic (exact) mass is 296 g/mol. The van der Waals surface area contributed by atoms with Gasteiger partial charge in [-0.1, -0.05) is 0 Å². The third-order valence-electron chi connectivity index (χ3n) is 3.17. The zero-order valence-electron chi connectivity index (χ0n) is 13.3. The van der Waals surface area contributed by atoms with Crippen LogP contribution in [-0.2, 0) is 11.3 Å². The molecule has 1 aromatic rings. The molecule has 0 spiro atoms. The molecule has 7 heteroatoms. The van der Waals surface area contributed by atoms with Crippen LogP contribution in [0.4, 0.5) is 4.79 Å². The van der Waals surface area contributed by atoms with E-state index < -0.39 is 5.60 Å². The van der Waals surface area contributed by atoms with Crippen molar-refractivity contribution in [1.29, 1.82) is 0 Å². The van der Waals surface area contributed by atoms with Crippen LogP contribution in [0, 0.1) is 6.92 Å². The topological polar surface area (TPSA) is 71.7 Å². The maximum atomic E-state index is 12.1. The fraction of sp³-hybridized carbons (Fsp3) is 0.786. The summed E-state index contributed by atoms with van der Waals surface area (Å²) in [7, 11) is 0. The van der Waals surface area contributed by atoms with Gasteiger partial charge in [-0.2, -0.15) is 0 Å². The lowest BCUT2D eigenvalue weighted by atomic mass is 10.2. The second-order valence-corrected chi connectivity index (χ2v) is 6.31. The van der Waals surface area contributed by atoms with E-state index in [0.29, 0.717) is 31.4 Å². The summed E-state index contributed by atoms with van der Waals surface area (Å²) >= 11 is 0. The van der Waals surface area contributed by atoms with E-state index in [4.69, 9.17) is 9.15 Å². The van der Waals surface area contributed by atoms with Gasteiger partial charge in [-0.05, 0) is 27.2 Å². The fourth-order valence-electron chi connectivity index (χ4n) is 2.23. The maximum absolute atomic E-state index is 12.1. The van der Waals surface area contributed by atoms with Crippen molar-refractivity contribution in [3.8, 4) is 0 Å². The smallest absolute Gasteiger partial charge is 0.410 e. The zero-order chi connectivity index (χ0) is 15.5. The average Bonchev–Trinajstić information content (AvgIpc) is 2.62. The normalized spacial score (nSPS) is 17.6. The second-order valence-electron chi connectivity index (χ2n) is 6.31. The van der Waals surface area contributed by atoms with Crippen molar-refractivity contribution in [2.45, 2.75) is 46.3 Å². The highest BCUT2D eigenvalue weighted by Gasteiger charge is 2.24. The molecule has 0 N–H and O–H groups in total. The van der Waals surface area contributed by atoms with Gasteiger partial charge in [0.2, 0.25) is 11.8 Å². The quantitative estimate of drug-likeness (QED) is 0.829. The number of amides is 1. The number of rotatable bonds is 2. The Hall–Kier alpha value is -1.63. The molecule has 0 radical (unpaired) electrons. The predicted molar refractivity (Wildman–Crippen MR) is 76.7 cm³/mol. The molecule has 0 unspecified atom stereocenters. The van der Waals surface area contributed by atoms with Crippen LogP contribution in [0.3, 0.4) is 0 Å². The molecular weight excluding hydrogens is 272 g/mol. The number of ether oxygens (including phenoxy) is 1. The minimum atomic E-state index is -0.454. The van der Waals surface area contributed by atoms with E-state index in [-0.39, 0.29) is 6.09 Å². The summed E-state index contributed by atoms with van der Waals surface area (Å²) in [5, 5.41) is 7.84. The Bertz CT molecular complexity index is 481. The Kier molecular flexibility index (Phi) is 4.82. The minimum absolute atomic E-state index is 0.238. The molecule has 0 aromatic carbocycles. The molecular formula is C14H24N4O3. The van der Waals surface area contributed by atoms with Crippen molar-refractivity contribution in [2.75, 3.05) is 26.2 Å². The Morgan fingerprint density at radius 1 is 1.24 bits per heavy atom. The fourth-order valence-corrected chi connectivity index (χ4v) is 2.23. The Morgan fingerprint density at radius 2 is 2.00 bits per heavy atom. The van der Waals surface area contributed by atoms with Crippen molar-refractivity contribution in [3.05, 3.63) is 11.8 Å². The number of aromatic nitrogens is 2. The summed E-state index contributed by atoms with van der Waals surface area (Å²) in [5.41, 5.74) is -0.454. The lowest BCUT2D eigenvalue weighted by Crippen LogP contribution is -2.39. The van der Waals surface area contributed by atoms with Gasteiger partial charge in [-0.15, -0.1) is 10.2 Å². The standard InChI is InChI=1S/C14H24N4O3/c1-11-15-16-12(20-11)10-17-6-5-7-18(9-8-17)13(19)21-14(2,3)4/h5-10H2,1-4H3. The maximum Gasteiger partial charge on any atom is 0.410 e. The van der Waals surface area contributed by atoms with Gasteiger partial charge in [-0.3, -0.25) is 4.90 Å². The summed E-state index contributed by atoms with van der Waals surface area (Å²) in [6.45, 7) is 11.1. The van der Waals surface area contributed by atoms with Crippen LogP contribution in [0.2, 0.25) is 0 Å². The van der Waals surface area contributed by atoms with Gasteiger partial charge >= 0.3 is 6.09 Å². The summed E-state index contributed by atoms with van der Waals surface area (Å²) in [4.78, 5) is 16.1. The molecule has 2 heterocycles. The molecule has 1 fully saturated rings. The SMILES string of the molecule is Cc1nnc(CN2CCCN(C(=O)OC(C)(C)C)CC2)o1. The third kappa shape index (κ3) is 5.00. The van der Waals surface area contributed by atoms with Crippen LogP contribution in [0.1, 0.15) is 39.0 Å². The number of nitrogens with zero attached hydrogens (tertiary/aromatic N) is 4. The molecule has 7 nitrogen and oxygen atoms in total. The molecule has 0 saturated carbocycles. The van der Waals surface area contributed by atoms with E-state index in [1.807, 2.05) is 20.8 Å². The third-order valence-corrected chi connectivity index (χ3v) is 3.17. The van der Waals surface area contributed by atoms with E-state index in [0.717, 1.165) is 19.5 Å². The summed E-state index contributed by atoms with van der Waals surface area (Å²) in [6.07, 6.45) is 0.671. The minimum Gasteiger partial charge on any atom is -0.444 e. The molecule has 1 aliphatic heterocycles. The largest absolute Gasteiger partial charge is 0.444 e. The molecule has 0 aliphatic carbocycles. The molecule has 21 heavy (non-hydrogen) atoms. The highest BCUT2D eigenvalue weighted by Crippen LogP contribution is 2.13. The molecule has 0 bridgehead atoms. The van der Waals surface area contributed by atoms with Crippen LogP contribution in [0.5, 0.6) is 0 Å². The first-order chi connectivity index (χ1) is 9.83. The molecule has 2 rings (SSSR count). The molecule has 118 valence electrons. The van der Waals surface area contributed by atoms with E-state index in [2.05, 4.69) is 15.1 Å². The van der Waals surface area contributed by atoms with E-state index in [9.17, 15) is 4.79 Å². The van der Waals surface area contributed by atoms with Gasteiger partial charge in [-0.25, -0.2) is 4.79 Å². The molecule has 1 amide bonds. The number of hydrogen-bond acceptors (Lipinski definition) is 6. The Morgan fingerprint density at radius 3 is 2.62 bits per heavy atom. The second kappa shape index (κ2) is 6.43. The number of carbonyl (C=O) groups excluding carboxylic acids is 1. The number of hydrogen-bond donors (Lipinski definition) is 0. The van der Waals surface area contributed by atoms with Crippen LogP contribution in [0.25, 0.3) is 0 Å². The predicted octanol–water partition coefficient (Wildman–Crippen LogP) is 1.82.